The maximum atomic E-state index is 3.65. The van der Waals surface area contributed by atoms with Gasteiger partial charge >= 0.3 is 0 Å². The second-order valence-corrected chi connectivity index (χ2v) is 5.19. The van der Waals surface area contributed by atoms with Crippen LogP contribution in [0.25, 0.3) is 0 Å². The van der Waals surface area contributed by atoms with Crippen molar-refractivity contribution >= 4 is 0 Å². The lowest BCUT2D eigenvalue weighted by molar-refractivity contribution is 0.415. The fourth-order valence-electron chi connectivity index (χ4n) is 2.36. The van der Waals surface area contributed by atoms with Crippen LogP contribution in [-0.4, -0.2) is 6.54 Å². The van der Waals surface area contributed by atoms with Crippen LogP contribution in [-0.2, 0) is 0 Å². The highest BCUT2D eigenvalue weighted by atomic mass is 14.9. The first-order valence-electron chi connectivity index (χ1n) is 6.70. The maximum absolute atomic E-state index is 3.65. The topological polar surface area (TPSA) is 12.0 Å². The molecule has 1 aromatic rings. The summed E-state index contributed by atoms with van der Waals surface area (Å²) in [4.78, 5) is 0. The summed E-state index contributed by atoms with van der Waals surface area (Å²) in [5, 5.41) is 3.65. The molecule has 17 heavy (non-hydrogen) atoms. The zero-order valence-corrected chi connectivity index (χ0v) is 10.9. The summed E-state index contributed by atoms with van der Waals surface area (Å²) < 4.78 is 0. The van der Waals surface area contributed by atoms with E-state index in [1.807, 2.05) is 0 Å². The predicted octanol–water partition coefficient (Wildman–Crippen LogP) is 4.00. The molecule has 2 rings (SSSR count). The zero-order valence-electron chi connectivity index (χ0n) is 10.9. The summed E-state index contributed by atoms with van der Waals surface area (Å²) in [6.45, 7) is 5.53. The van der Waals surface area contributed by atoms with Gasteiger partial charge in [0.25, 0.3) is 0 Å². The van der Waals surface area contributed by atoms with Gasteiger partial charge in [-0.1, -0.05) is 42.0 Å². The fraction of sp³-hybridized carbons (Fsp3) is 0.500. The number of benzene rings is 1. The molecule has 1 unspecified atom stereocenters. The third-order valence-corrected chi connectivity index (χ3v) is 3.67. The van der Waals surface area contributed by atoms with Gasteiger partial charge < -0.3 is 5.32 Å². The molecule has 0 bridgehead atoms. The van der Waals surface area contributed by atoms with Gasteiger partial charge in [0.2, 0.25) is 0 Å². The largest absolute Gasteiger partial charge is 0.310 e. The van der Waals surface area contributed by atoms with Gasteiger partial charge in [0.1, 0.15) is 0 Å². The Balaban J connectivity index is 1.82. The van der Waals surface area contributed by atoms with Crippen LogP contribution in [0.5, 0.6) is 0 Å². The standard InChI is InChI=1S/C16H23N/c1-13-8-10-16(11-9-13)14(2)17-12-15-6-4-3-5-7-15/h3-4,8-11,14-15,17H,5-7,12H2,1-2H3/t14-,15?/m1/s1. The van der Waals surface area contributed by atoms with E-state index in [-0.39, 0.29) is 0 Å². The molecule has 1 N–H and O–H groups in total. The summed E-state index contributed by atoms with van der Waals surface area (Å²) in [5.74, 6) is 0.827. The third kappa shape index (κ3) is 3.71. The lowest BCUT2D eigenvalue weighted by atomic mass is 9.94. The van der Waals surface area contributed by atoms with E-state index >= 15 is 0 Å². The van der Waals surface area contributed by atoms with Crippen LogP contribution < -0.4 is 5.32 Å². The Bertz CT molecular complexity index is 364. The fourth-order valence-corrected chi connectivity index (χ4v) is 2.36. The van der Waals surface area contributed by atoms with Crippen molar-refractivity contribution in [2.75, 3.05) is 6.54 Å². The van der Waals surface area contributed by atoms with Gasteiger partial charge in [0.15, 0.2) is 0 Å². The molecule has 0 radical (unpaired) electrons. The minimum atomic E-state index is 0.460. The van der Waals surface area contributed by atoms with Crippen molar-refractivity contribution in [2.45, 2.75) is 39.2 Å². The van der Waals surface area contributed by atoms with Crippen molar-refractivity contribution in [2.24, 2.45) is 5.92 Å². The lowest BCUT2D eigenvalue weighted by Gasteiger charge is -2.21. The number of hydrogen-bond donors (Lipinski definition) is 1. The Hall–Kier alpha value is -1.08. The molecule has 2 atom stereocenters. The third-order valence-electron chi connectivity index (χ3n) is 3.67. The Labute approximate surface area is 105 Å². The molecule has 0 saturated carbocycles. The minimum absolute atomic E-state index is 0.460. The van der Waals surface area contributed by atoms with E-state index in [1.54, 1.807) is 0 Å². The Morgan fingerprint density at radius 2 is 2.00 bits per heavy atom. The molecular weight excluding hydrogens is 206 g/mol. The van der Waals surface area contributed by atoms with E-state index in [4.69, 9.17) is 0 Å². The predicted molar refractivity (Wildman–Crippen MR) is 74.1 cm³/mol. The van der Waals surface area contributed by atoms with Crippen LogP contribution in [0.15, 0.2) is 36.4 Å². The summed E-state index contributed by atoms with van der Waals surface area (Å²) in [6.07, 6.45) is 8.47. The highest BCUT2D eigenvalue weighted by Gasteiger charge is 2.11. The van der Waals surface area contributed by atoms with Gasteiger partial charge in [-0.15, -0.1) is 0 Å². The van der Waals surface area contributed by atoms with Crippen LogP contribution in [0.3, 0.4) is 0 Å². The van der Waals surface area contributed by atoms with Crippen LogP contribution in [0.2, 0.25) is 0 Å². The van der Waals surface area contributed by atoms with Crippen molar-refractivity contribution in [3.05, 3.63) is 47.5 Å². The zero-order chi connectivity index (χ0) is 12.1. The molecule has 0 spiro atoms. The van der Waals surface area contributed by atoms with Crippen molar-refractivity contribution < 1.29 is 0 Å². The molecule has 1 nitrogen and oxygen atoms in total. The number of allylic oxidation sites excluding steroid dienone is 2. The van der Waals surface area contributed by atoms with Crippen molar-refractivity contribution in [3.8, 4) is 0 Å². The van der Waals surface area contributed by atoms with Gasteiger partial charge in [0, 0.05) is 6.04 Å². The summed E-state index contributed by atoms with van der Waals surface area (Å²) >= 11 is 0. The van der Waals surface area contributed by atoms with Crippen molar-refractivity contribution in [1.82, 2.24) is 5.32 Å². The molecule has 0 aliphatic heterocycles. The number of rotatable bonds is 4. The van der Waals surface area contributed by atoms with E-state index in [9.17, 15) is 0 Å². The van der Waals surface area contributed by atoms with Crippen molar-refractivity contribution in [1.29, 1.82) is 0 Å². The molecule has 92 valence electrons. The van der Waals surface area contributed by atoms with Crippen LogP contribution in [0.1, 0.15) is 43.4 Å². The van der Waals surface area contributed by atoms with Gasteiger partial charge in [-0.05, 0) is 51.1 Å². The summed E-state index contributed by atoms with van der Waals surface area (Å²) in [6, 6.07) is 9.30. The van der Waals surface area contributed by atoms with Gasteiger partial charge in [-0.3, -0.25) is 0 Å². The number of hydrogen-bond acceptors (Lipinski definition) is 1. The van der Waals surface area contributed by atoms with Crippen LogP contribution >= 0.6 is 0 Å². The molecule has 1 aliphatic carbocycles. The first-order chi connectivity index (χ1) is 8.25. The molecule has 1 aromatic carbocycles. The van der Waals surface area contributed by atoms with Gasteiger partial charge in [0.05, 0.1) is 0 Å². The second-order valence-electron chi connectivity index (χ2n) is 5.19. The highest BCUT2D eigenvalue weighted by molar-refractivity contribution is 5.23. The molecule has 0 heterocycles. The van der Waals surface area contributed by atoms with E-state index in [0.29, 0.717) is 6.04 Å². The second kappa shape index (κ2) is 6.02. The molecule has 0 fully saturated rings. The average Bonchev–Trinajstić information content (AvgIpc) is 2.38. The maximum Gasteiger partial charge on any atom is 0.0291 e. The van der Waals surface area contributed by atoms with Crippen LogP contribution in [0.4, 0.5) is 0 Å². The van der Waals surface area contributed by atoms with E-state index < -0.39 is 0 Å². The molecule has 1 aliphatic rings. The summed E-state index contributed by atoms with van der Waals surface area (Å²) in [7, 11) is 0. The number of nitrogens with one attached hydrogen (secondary N) is 1. The monoisotopic (exact) mass is 229 g/mol. The summed E-state index contributed by atoms with van der Waals surface area (Å²) in [5.41, 5.74) is 2.72. The lowest BCUT2D eigenvalue weighted by Crippen LogP contribution is -2.26. The number of aryl methyl sites for hydroxylation is 1. The Morgan fingerprint density at radius 1 is 1.24 bits per heavy atom. The minimum Gasteiger partial charge on any atom is -0.310 e. The smallest absolute Gasteiger partial charge is 0.0291 e. The quantitative estimate of drug-likeness (QED) is 0.769. The van der Waals surface area contributed by atoms with E-state index in [1.165, 1.54) is 30.4 Å². The van der Waals surface area contributed by atoms with E-state index in [2.05, 4.69) is 55.6 Å². The molecule has 0 aromatic heterocycles. The van der Waals surface area contributed by atoms with E-state index in [0.717, 1.165) is 12.5 Å². The molecule has 0 saturated heterocycles. The van der Waals surface area contributed by atoms with Crippen molar-refractivity contribution in [3.63, 3.8) is 0 Å². The first-order valence-corrected chi connectivity index (χ1v) is 6.70. The first kappa shape index (κ1) is 12.4. The van der Waals surface area contributed by atoms with Crippen LogP contribution in [0, 0.1) is 12.8 Å². The van der Waals surface area contributed by atoms with Gasteiger partial charge in [-0.25, -0.2) is 0 Å². The SMILES string of the molecule is Cc1ccc([C@@H](C)NCC2CC=CCC2)cc1. The molecular formula is C16H23N. The molecule has 1 heteroatoms. The molecule has 0 amide bonds. The van der Waals surface area contributed by atoms with Gasteiger partial charge in [-0.2, -0.15) is 0 Å². The Kier molecular flexibility index (Phi) is 4.38. The highest BCUT2D eigenvalue weighted by Crippen LogP contribution is 2.19. The average molecular weight is 229 g/mol. The Morgan fingerprint density at radius 3 is 2.65 bits per heavy atom. The normalized spacial score (nSPS) is 21.4.